The van der Waals surface area contributed by atoms with Gasteiger partial charge in [0, 0.05) is 57.4 Å². The third-order valence-corrected chi connectivity index (χ3v) is 5.73. The molecule has 2 saturated heterocycles. The molecule has 0 saturated carbocycles. The first-order valence-electron chi connectivity index (χ1n) is 11.6. The van der Waals surface area contributed by atoms with Crippen LogP contribution in [-0.4, -0.2) is 101 Å². The molecular formula is C23H39N5O3. The van der Waals surface area contributed by atoms with Gasteiger partial charge < -0.3 is 24.8 Å². The highest BCUT2D eigenvalue weighted by molar-refractivity contribution is 5.79. The number of benzene rings is 1. The third-order valence-electron chi connectivity index (χ3n) is 5.73. The molecule has 1 unspecified atom stereocenters. The van der Waals surface area contributed by atoms with E-state index in [4.69, 9.17) is 19.2 Å². The summed E-state index contributed by atoms with van der Waals surface area (Å²) in [5.41, 5.74) is 1.10. The predicted octanol–water partition coefficient (Wildman–Crippen LogP) is 1.17. The summed E-state index contributed by atoms with van der Waals surface area (Å²) in [5.74, 6) is 1.75. The average molecular weight is 434 g/mol. The molecule has 31 heavy (non-hydrogen) atoms. The van der Waals surface area contributed by atoms with Crippen LogP contribution < -0.4 is 15.4 Å². The Bertz CT molecular complexity index is 660. The van der Waals surface area contributed by atoms with Crippen molar-refractivity contribution in [3.05, 3.63) is 29.8 Å². The number of para-hydroxylation sites is 1. The summed E-state index contributed by atoms with van der Waals surface area (Å²) >= 11 is 0. The van der Waals surface area contributed by atoms with Crippen LogP contribution in [0.4, 0.5) is 0 Å². The van der Waals surface area contributed by atoms with E-state index >= 15 is 0 Å². The van der Waals surface area contributed by atoms with Gasteiger partial charge in [0.1, 0.15) is 12.4 Å². The van der Waals surface area contributed by atoms with Crippen molar-refractivity contribution < 1.29 is 14.2 Å². The van der Waals surface area contributed by atoms with Gasteiger partial charge in [-0.3, -0.25) is 9.80 Å². The highest BCUT2D eigenvalue weighted by atomic mass is 16.5. The first-order chi connectivity index (χ1) is 15.3. The number of ether oxygens (including phenoxy) is 3. The van der Waals surface area contributed by atoms with Gasteiger partial charge in [-0.1, -0.05) is 18.2 Å². The van der Waals surface area contributed by atoms with E-state index in [1.165, 1.54) is 0 Å². The molecule has 2 aliphatic heterocycles. The molecule has 0 spiro atoms. The molecule has 0 aromatic heterocycles. The summed E-state index contributed by atoms with van der Waals surface area (Å²) in [4.78, 5) is 9.64. The standard InChI is InChI=1S/C23H39N5O3/c1-3-24-23(25-18-20(2)28-11-15-30-16-12-28)26-19-21-6-4-5-7-22(21)31-17-10-27-8-13-29-14-9-27/h4-7,20H,3,8-19H2,1-2H3,(H2,24,25,26). The van der Waals surface area contributed by atoms with Gasteiger partial charge in [-0.2, -0.15) is 0 Å². The lowest BCUT2D eigenvalue weighted by Gasteiger charge is -2.32. The Hall–Kier alpha value is -1.87. The van der Waals surface area contributed by atoms with Crippen molar-refractivity contribution >= 4 is 5.96 Å². The van der Waals surface area contributed by atoms with Crippen LogP contribution in [0.3, 0.4) is 0 Å². The van der Waals surface area contributed by atoms with E-state index in [1.54, 1.807) is 0 Å². The molecule has 174 valence electrons. The molecule has 0 aliphatic carbocycles. The average Bonchev–Trinajstić information content (AvgIpc) is 2.82. The predicted molar refractivity (Wildman–Crippen MR) is 124 cm³/mol. The van der Waals surface area contributed by atoms with Gasteiger partial charge in [0.2, 0.25) is 0 Å². The van der Waals surface area contributed by atoms with E-state index in [0.29, 0.717) is 19.2 Å². The Morgan fingerprint density at radius 1 is 1.06 bits per heavy atom. The van der Waals surface area contributed by atoms with Crippen LogP contribution in [0, 0.1) is 0 Å². The van der Waals surface area contributed by atoms with E-state index in [9.17, 15) is 0 Å². The second-order valence-electron chi connectivity index (χ2n) is 7.98. The van der Waals surface area contributed by atoms with Crippen LogP contribution in [-0.2, 0) is 16.0 Å². The molecule has 8 nitrogen and oxygen atoms in total. The molecule has 0 amide bonds. The monoisotopic (exact) mass is 433 g/mol. The van der Waals surface area contributed by atoms with E-state index < -0.39 is 0 Å². The minimum atomic E-state index is 0.434. The molecule has 0 radical (unpaired) electrons. The van der Waals surface area contributed by atoms with Crippen LogP contribution in [0.25, 0.3) is 0 Å². The number of aliphatic imine (C=N–C) groups is 1. The summed E-state index contributed by atoms with van der Waals surface area (Å²) in [6.07, 6.45) is 0. The summed E-state index contributed by atoms with van der Waals surface area (Å²) in [5, 5.41) is 6.84. The second kappa shape index (κ2) is 13.5. The third kappa shape index (κ3) is 8.29. The smallest absolute Gasteiger partial charge is 0.191 e. The van der Waals surface area contributed by atoms with Crippen molar-refractivity contribution in [1.29, 1.82) is 0 Å². The Labute approximate surface area is 186 Å². The van der Waals surface area contributed by atoms with Crippen molar-refractivity contribution in [2.24, 2.45) is 4.99 Å². The van der Waals surface area contributed by atoms with E-state index in [0.717, 1.165) is 89.5 Å². The van der Waals surface area contributed by atoms with Crippen molar-refractivity contribution in [3.8, 4) is 5.75 Å². The van der Waals surface area contributed by atoms with E-state index in [2.05, 4.69) is 40.3 Å². The molecule has 1 atom stereocenters. The first-order valence-corrected chi connectivity index (χ1v) is 11.6. The lowest BCUT2D eigenvalue weighted by atomic mass is 10.2. The number of hydrogen-bond acceptors (Lipinski definition) is 6. The maximum absolute atomic E-state index is 6.10. The first kappa shape index (κ1) is 23.8. The number of rotatable bonds is 10. The number of nitrogens with one attached hydrogen (secondary N) is 2. The molecule has 1 aromatic carbocycles. The fourth-order valence-electron chi connectivity index (χ4n) is 3.78. The minimum absolute atomic E-state index is 0.434. The maximum atomic E-state index is 6.10. The molecule has 2 aliphatic rings. The Morgan fingerprint density at radius 3 is 2.52 bits per heavy atom. The number of guanidine groups is 1. The van der Waals surface area contributed by atoms with E-state index in [-0.39, 0.29) is 0 Å². The number of hydrogen-bond donors (Lipinski definition) is 2. The summed E-state index contributed by atoms with van der Waals surface area (Å²) in [6, 6.07) is 8.62. The molecule has 2 N–H and O–H groups in total. The summed E-state index contributed by atoms with van der Waals surface area (Å²) in [7, 11) is 0. The lowest BCUT2D eigenvalue weighted by molar-refractivity contribution is 0.0211. The van der Waals surface area contributed by atoms with Crippen molar-refractivity contribution in [3.63, 3.8) is 0 Å². The molecule has 0 bridgehead atoms. The molecule has 2 fully saturated rings. The Balaban J connectivity index is 1.49. The maximum Gasteiger partial charge on any atom is 0.191 e. The normalized spacial score (nSPS) is 19.7. The Kier molecular flexibility index (Phi) is 10.4. The van der Waals surface area contributed by atoms with Crippen LogP contribution in [0.5, 0.6) is 5.75 Å². The van der Waals surface area contributed by atoms with Crippen LogP contribution in [0.2, 0.25) is 0 Å². The van der Waals surface area contributed by atoms with Gasteiger partial charge in [-0.05, 0) is 19.9 Å². The Morgan fingerprint density at radius 2 is 1.77 bits per heavy atom. The van der Waals surface area contributed by atoms with Crippen molar-refractivity contribution in [2.75, 3.05) is 78.8 Å². The quantitative estimate of drug-likeness (QED) is 0.424. The molecule has 1 aromatic rings. The molecule has 2 heterocycles. The zero-order valence-corrected chi connectivity index (χ0v) is 19.1. The highest BCUT2D eigenvalue weighted by Gasteiger charge is 2.17. The fourth-order valence-corrected chi connectivity index (χ4v) is 3.78. The topological polar surface area (TPSA) is 70.6 Å². The van der Waals surface area contributed by atoms with Crippen LogP contribution in [0.15, 0.2) is 29.3 Å². The lowest BCUT2D eigenvalue weighted by Crippen LogP contribution is -2.49. The van der Waals surface area contributed by atoms with E-state index in [1.807, 2.05) is 18.2 Å². The zero-order valence-electron chi connectivity index (χ0n) is 19.1. The van der Waals surface area contributed by atoms with Crippen LogP contribution >= 0.6 is 0 Å². The van der Waals surface area contributed by atoms with Gasteiger partial charge >= 0.3 is 0 Å². The second-order valence-corrected chi connectivity index (χ2v) is 7.98. The van der Waals surface area contributed by atoms with Crippen LogP contribution in [0.1, 0.15) is 19.4 Å². The molecular weight excluding hydrogens is 394 g/mol. The largest absolute Gasteiger partial charge is 0.492 e. The number of morpholine rings is 2. The SMILES string of the molecule is CCNC(=NCc1ccccc1OCCN1CCOCC1)NCC(C)N1CCOCC1. The summed E-state index contributed by atoms with van der Waals surface area (Å²) in [6.45, 7) is 15.4. The van der Waals surface area contributed by atoms with Gasteiger partial charge in [0.05, 0.1) is 33.0 Å². The van der Waals surface area contributed by atoms with Gasteiger partial charge in [-0.15, -0.1) is 0 Å². The zero-order chi connectivity index (χ0) is 21.7. The highest BCUT2D eigenvalue weighted by Crippen LogP contribution is 2.19. The van der Waals surface area contributed by atoms with Crippen molar-refractivity contribution in [2.45, 2.75) is 26.4 Å². The van der Waals surface area contributed by atoms with Crippen molar-refractivity contribution in [1.82, 2.24) is 20.4 Å². The minimum Gasteiger partial charge on any atom is -0.492 e. The van der Waals surface area contributed by atoms with Gasteiger partial charge in [0.25, 0.3) is 0 Å². The van der Waals surface area contributed by atoms with Gasteiger partial charge in [0.15, 0.2) is 5.96 Å². The summed E-state index contributed by atoms with van der Waals surface area (Å²) < 4.78 is 17.0. The number of nitrogens with zero attached hydrogens (tertiary/aromatic N) is 3. The molecule has 8 heteroatoms. The van der Waals surface area contributed by atoms with Gasteiger partial charge in [-0.25, -0.2) is 4.99 Å². The fraction of sp³-hybridized carbons (Fsp3) is 0.696. The molecule has 3 rings (SSSR count).